The van der Waals surface area contributed by atoms with Gasteiger partial charge in [-0.2, -0.15) is 0 Å². The zero-order valence-electron chi connectivity index (χ0n) is 12.8. The molecule has 0 radical (unpaired) electrons. The molecular weight excluding hydrogens is 252 g/mol. The Morgan fingerprint density at radius 1 is 1.45 bits per heavy atom. The molecule has 1 aromatic heterocycles. The molecule has 20 heavy (non-hydrogen) atoms. The predicted molar refractivity (Wildman–Crippen MR) is 80.9 cm³/mol. The van der Waals surface area contributed by atoms with Gasteiger partial charge in [0.25, 0.3) is 0 Å². The average molecular weight is 278 g/mol. The maximum Gasteiger partial charge on any atom is 0.187 e. The van der Waals surface area contributed by atoms with Crippen LogP contribution in [0.4, 0.5) is 0 Å². The molecule has 1 atom stereocenters. The summed E-state index contributed by atoms with van der Waals surface area (Å²) in [4.78, 5) is 17.6. The highest BCUT2D eigenvalue weighted by atomic mass is 16.3. The van der Waals surface area contributed by atoms with Crippen LogP contribution in [0.25, 0.3) is 0 Å². The summed E-state index contributed by atoms with van der Waals surface area (Å²) in [5.74, 6) is 0. The molecule has 1 aliphatic rings. The van der Waals surface area contributed by atoms with Crippen LogP contribution in [-0.4, -0.2) is 34.7 Å². The smallest absolute Gasteiger partial charge is 0.187 e. The van der Waals surface area contributed by atoms with E-state index in [1.165, 1.54) is 0 Å². The Morgan fingerprint density at radius 2 is 2.20 bits per heavy atom. The maximum atomic E-state index is 12.0. The lowest BCUT2D eigenvalue weighted by Gasteiger charge is -2.41. The monoisotopic (exact) mass is 278 g/mol. The number of hydrogen-bond acceptors (Lipinski definition) is 3. The van der Waals surface area contributed by atoms with Crippen molar-refractivity contribution in [3.05, 3.63) is 33.2 Å². The van der Waals surface area contributed by atoms with Crippen LogP contribution in [-0.2, 0) is 6.54 Å². The van der Waals surface area contributed by atoms with Crippen molar-refractivity contribution in [2.45, 2.75) is 46.6 Å². The first-order valence-electron chi connectivity index (χ1n) is 7.52. The lowest BCUT2D eigenvalue weighted by Crippen LogP contribution is -2.44. The molecule has 1 fully saturated rings. The molecule has 2 N–H and O–H groups in total. The molecule has 4 nitrogen and oxygen atoms in total. The van der Waals surface area contributed by atoms with Gasteiger partial charge in [0.15, 0.2) is 5.43 Å². The number of aliphatic hydroxyl groups excluding tert-OH is 1. The van der Waals surface area contributed by atoms with Gasteiger partial charge >= 0.3 is 0 Å². The number of likely N-dealkylation sites (tertiary alicyclic amines) is 1. The summed E-state index contributed by atoms with van der Waals surface area (Å²) in [5.41, 5.74) is 2.77. The van der Waals surface area contributed by atoms with E-state index in [-0.39, 0.29) is 17.5 Å². The molecule has 0 saturated carbocycles. The Bertz CT molecular complexity index is 518. The Labute approximate surface area is 120 Å². The normalized spacial score (nSPS) is 24.0. The van der Waals surface area contributed by atoms with Gasteiger partial charge < -0.3 is 10.1 Å². The third-order valence-electron chi connectivity index (χ3n) is 4.82. The van der Waals surface area contributed by atoms with Gasteiger partial charge in [0.2, 0.25) is 0 Å². The summed E-state index contributed by atoms with van der Waals surface area (Å²) in [6.45, 7) is 8.85. The molecule has 1 saturated heterocycles. The van der Waals surface area contributed by atoms with Crippen LogP contribution >= 0.6 is 0 Å². The molecule has 0 aliphatic carbocycles. The number of nitrogens with zero attached hydrogens (tertiary/aromatic N) is 1. The van der Waals surface area contributed by atoms with Crippen molar-refractivity contribution >= 4 is 0 Å². The van der Waals surface area contributed by atoms with E-state index >= 15 is 0 Å². The second-order valence-corrected chi connectivity index (χ2v) is 6.23. The van der Waals surface area contributed by atoms with E-state index < -0.39 is 0 Å². The van der Waals surface area contributed by atoms with Crippen LogP contribution in [0.5, 0.6) is 0 Å². The molecule has 0 bridgehead atoms. The van der Waals surface area contributed by atoms with E-state index in [1.807, 2.05) is 13.8 Å². The van der Waals surface area contributed by atoms with Gasteiger partial charge in [0.1, 0.15) is 0 Å². The zero-order chi connectivity index (χ0) is 14.8. The molecule has 4 heteroatoms. The molecule has 0 aromatic carbocycles. The molecule has 2 heterocycles. The van der Waals surface area contributed by atoms with Gasteiger partial charge in [0.05, 0.1) is 0 Å². The van der Waals surface area contributed by atoms with Gasteiger partial charge in [-0.3, -0.25) is 9.69 Å². The van der Waals surface area contributed by atoms with E-state index in [1.54, 1.807) is 6.20 Å². The predicted octanol–water partition coefficient (Wildman–Crippen LogP) is 1.98. The summed E-state index contributed by atoms with van der Waals surface area (Å²) in [6.07, 6.45) is 5.01. The minimum absolute atomic E-state index is 0.0388. The molecule has 1 aromatic rings. The van der Waals surface area contributed by atoms with Crippen LogP contribution in [0.1, 0.15) is 43.0 Å². The van der Waals surface area contributed by atoms with Crippen molar-refractivity contribution in [3.63, 3.8) is 0 Å². The van der Waals surface area contributed by atoms with Crippen molar-refractivity contribution in [1.82, 2.24) is 9.88 Å². The third-order valence-corrected chi connectivity index (χ3v) is 4.82. The highest BCUT2D eigenvalue weighted by Gasteiger charge is 2.33. The average Bonchev–Trinajstić information content (AvgIpc) is 2.48. The Balaban J connectivity index is 2.14. The fourth-order valence-corrected chi connectivity index (χ4v) is 3.16. The van der Waals surface area contributed by atoms with Crippen LogP contribution < -0.4 is 5.43 Å². The van der Waals surface area contributed by atoms with E-state index in [0.717, 1.165) is 55.7 Å². The summed E-state index contributed by atoms with van der Waals surface area (Å²) in [5, 5.41) is 9.68. The highest BCUT2D eigenvalue weighted by molar-refractivity contribution is 5.23. The van der Waals surface area contributed by atoms with Gasteiger partial charge in [-0.15, -0.1) is 0 Å². The molecule has 112 valence electrons. The number of pyridine rings is 1. The number of hydrogen-bond donors (Lipinski definition) is 2. The minimum Gasteiger partial charge on any atom is -0.396 e. The van der Waals surface area contributed by atoms with Crippen LogP contribution in [0.3, 0.4) is 0 Å². The highest BCUT2D eigenvalue weighted by Crippen LogP contribution is 2.33. The summed E-state index contributed by atoms with van der Waals surface area (Å²) in [6, 6.07) is 0. The quantitative estimate of drug-likeness (QED) is 0.885. The van der Waals surface area contributed by atoms with Crippen molar-refractivity contribution in [2.75, 3.05) is 19.7 Å². The number of H-pyrrole nitrogens is 1. The van der Waals surface area contributed by atoms with Crippen LogP contribution in [0, 0.1) is 19.3 Å². The zero-order valence-corrected chi connectivity index (χ0v) is 12.8. The first kappa shape index (κ1) is 15.3. The van der Waals surface area contributed by atoms with Crippen molar-refractivity contribution in [2.24, 2.45) is 5.41 Å². The van der Waals surface area contributed by atoms with Gasteiger partial charge in [-0.25, -0.2) is 0 Å². The topological polar surface area (TPSA) is 56.3 Å². The second-order valence-electron chi connectivity index (χ2n) is 6.23. The Morgan fingerprint density at radius 3 is 2.85 bits per heavy atom. The fourth-order valence-electron chi connectivity index (χ4n) is 3.16. The first-order chi connectivity index (χ1) is 9.51. The SMILES string of the molecule is CC[C@]1(CO)CCCN(Cc2[nH]cc(C)c(=O)c2C)C1. The van der Waals surface area contributed by atoms with Crippen LogP contribution in [0.2, 0.25) is 0 Å². The van der Waals surface area contributed by atoms with Crippen LogP contribution in [0.15, 0.2) is 11.0 Å². The van der Waals surface area contributed by atoms with E-state index in [9.17, 15) is 9.90 Å². The molecule has 0 amide bonds. The molecule has 0 spiro atoms. The maximum absolute atomic E-state index is 12.0. The number of rotatable bonds is 4. The van der Waals surface area contributed by atoms with Crippen molar-refractivity contribution < 1.29 is 5.11 Å². The second kappa shape index (κ2) is 6.10. The lowest BCUT2D eigenvalue weighted by atomic mass is 9.78. The summed E-state index contributed by atoms with van der Waals surface area (Å²) < 4.78 is 0. The Kier molecular flexibility index (Phi) is 4.66. The van der Waals surface area contributed by atoms with Gasteiger partial charge in [-0.05, 0) is 39.7 Å². The molecule has 1 aliphatic heterocycles. The van der Waals surface area contributed by atoms with E-state index in [2.05, 4.69) is 16.8 Å². The standard InChI is InChI=1S/C16H26N2O2/c1-4-16(11-19)6-5-7-18(10-16)9-14-13(3)15(20)12(2)8-17-14/h8,19H,4-7,9-11H2,1-3H3,(H,17,20)/t16-/m0/s1. The first-order valence-corrected chi connectivity index (χ1v) is 7.52. The van der Waals surface area contributed by atoms with Crippen molar-refractivity contribution in [3.8, 4) is 0 Å². The number of nitrogens with one attached hydrogen (secondary N) is 1. The molecular formula is C16H26N2O2. The molecule has 0 unspecified atom stereocenters. The Hall–Kier alpha value is -1.13. The third kappa shape index (κ3) is 2.96. The van der Waals surface area contributed by atoms with Gasteiger partial charge in [-0.1, -0.05) is 6.92 Å². The molecule has 2 rings (SSSR count). The summed E-state index contributed by atoms with van der Waals surface area (Å²) >= 11 is 0. The largest absolute Gasteiger partial charge is 0.396 e. The van der Waals surface area contributed by atoms with E-state index in [0.29, 0.717) is 0 Å². The van der Waals surface area contributed by atoms with E-state index in [4.69, 9.17) is 0 Å². The number of aromatic nitrogens is 1. The number of aliphatic hydroxyl groups is 1. The number of piperidine rings is 1. The lowest BCUT2D eigenvalue weighted by molar-refractivity contribution is 0.0252. The minimum atomic E-state index is 0.0388. The fraction of sp³-hybridized carbons (Fsp3) is 0.688. The van der Waals surface area contributed by atoms with Gasteiger partial charge in [0, 0.05) is 48.1 Å². The number of aryl methyl sites for hydroxylation is 1. The number of aromatic amines is 1. The van der Waals surface area contributed by atoms with Crippen molar-refractivity contribution in [1.29, 1.82) is 0 Å². The summed E-state index contributed by atoms with van der Waals surface area (Å²) in [7, 11) is 0.